The number of ether oxygens (including phenoxy) is 2. The molecular formula is C27H28FNO3. The summed E-state index contributed by atoms with van der Waals surface area (Å²) in [6, 6.07) is 18.9. The van der Waals surface area contributed by atoms with Gasteiger partial charge < -0.3 is 9.47 Å². The predicted octanol–water partition coefficient (Wildman–Crippen LogP) is 6.05. The SMILES string of the molecule is CCC(C)N1Cc2c(F)c(C)c(C(=O)Oc3ccccc3)c(OCc3ccccc3)c2C1. The third kappa shape index (κ3) is 4.39. The fourth-order valence-corrected chi connectivity index (χ4v) is 4.07. The summed E-state index contributed by atoms with van der Waals surface area (Å²) in [4.78, 5) is 15.4. The van der Waals surface area contributed by atoms with E-state index in [1.54, 1.807) is 31.2 Å². The molecule has 0 aliphatic carbocycles. The Morgan fingerprint density at radius 2 is 1.66 bits per heavy atom. The van der Waals surface area contributed by atoms with Crippen LogP contribution in [0.15, 0.2) is 60.7 Å². The molecular weight excluding hydrogens is 405 g/mol. The maximum absolute atomic E-state index is 15.5. The molecule has 4 rings (SSSR count). The van der Waals surface area contributed by atoms with Gasteiger partial charge in [0.05, 0.1) is 0 Å². The maximum atomic E-state index is 15.5. The average molecular weight is 434 g/mol. The lowest BCUT2D eigenvalue weighted by molar-refractivity contribution is 0.0728. The summed E-state index contributed by atoms with van der Waals surface area (Å²) in [5.41, 5.74) is 2.75. The number of benzene rings is 3. The van der Waals surface area contributed by atoms with E-state index < -0.39 is 5.97 Å². The lowest BCUT2D eigenvalue weighted by Crippen LogP contribution is -2.27. The van der Waals surface area contributed by atoms with Gasteiger partial charge in [-0.2, -0.15) is 0 Å². The van der Waals surface area contributed by atoms with Crippen LogP contribution in [-0.2, 0) is 19.7 Å². The number of fused-ring (bicyclic) bond motifs is 1. The number of para-hydroxylation sites is 1. The van der Waals surface area contributed by atoms with Gasteiger partial charge in [0.1, 0.15) is 29.5 Å². The van der Waals surface area contributed by atoms with Crippen molar-refractivity contribution in [1.29, 1.82) is 0 Å². The second-order valence-corrected chi connectivity index (χ2v) is 8.24. The minimum atomic E-state index is -0.611. The van der Waals surface area contributed by atoms with E-state index in [0.717, 1.165) is 17.5 Å². The molecule has 0 aromatic heterocycles. The Labute approximate surface area is 188 Å². The number of carbonyl (C=O) groups excluding carboxylic acids is 1. The first-order valence-electron chi connectivity index (χ1n) is 11.0. The highest BCUT2D eigenvalue weighted by atomic mass is 19.1. The third-order valence-electron chi connectivity index (χ3n) is 6.16. The molecule has 4 nitrogen and oxygen atoms in total. The van der Waals surface area contributed by atoms with Crippen molar-refractivity contribution in [1.82, 2.24) is 4.90 Å². The number of carbonyl (C=O) groups is 1. The smallest absolute Gasteiger partial charge is 0.347 e. The highest BCUT2D eigenvalue weighted by molar-refractivity contribution is 5.96. The number of rotatable bonds is 7. The van der Waals surface area contributed by atoms with Crippen LogP contribution in [0, 0.1) is 12.7 Å². The molecule has 3 aromatic rings. The van der Waals surface area contributed by atoms with Crippen molar-refractivity contribution in [3.8, 4) is 11.5 Å². The zero-order valence-corrected chi connectivity index (χ0v) is 18.7. The Kier molecular flexibility index (Phi) is 6.56. The number of halogens is 1. The van der Waals surface area contributed by atoms with E-state index in [4.69, 9.17) is 9.47 Å². The van der Waals surface area contributed by atoms with Crippen LogP contribution in [0.1, 0.15) is 52.9 Å². The van der Waals surface area contributed by atoms with Crippen molar-refractivity contribution in [2.24, 2.45) is 0 Å². The summed E-state index contributed by atoms with van der Waals surface area (Å²) in [6.07, 6.45) is 0.956. The monoisotopic (exact) mass is 433 g/mol. The first kappa shape index (κ1) is 22.0. The number of hydrogen-bond acceptors (Lipinski definition) is 4. The van der Waals surface area contributed by atoms with Crippen LogP contribution in [0.25, 0.3) is 0 Å². The molecule has 1 aliphatic heterocycles. The minimum Gasteiger partial charge on any atom is -0.488 e. The van der Waals surface area contributed by atoms with Gasteiger partial charge in [-0.25, -0.2) is 9.18 Å². The molecule has 1 aliphatic rings. The number of esters is 1. The Hall–Kier alpha value is -3.18. The Bertz CT molecular complexity index is 1100. The van der Waals surface area contributed by atoms with E-state index in [1.165, 1.54) is 0 Å². The Morgan fingerprint density at radius 3 is 2.31 bits per heavy atom. The van der Waals surface area contributed by atoms with Crippen molar-refractivity contribution in [2.45, 2.75) is 52.9 Å². The Morgan fingerprint density at radius 1 is 1.03 bits per heavy atom. The van der Waals surface area contributed by atoms with Crippen LogP contribution in [0.2, 0.25) is 0 Å². The highest BCUT2D eigenvalue weighted by Gasteiger charge is 2.34. The molecule has 0 fully saturated rings. The molecule has 1 heterocycles. The first-order valence-corrected chi connectivity index (χ1v) is 11.0. The van der Waals surface area contributed by atoms with Crippen LogP contribution in [0.4, 0.5) is 4.39 Å². The quantitative estimate of drug-likeness (QED) is 0.336. The molecule has 166 valence electrons. The largest absolute Gasteiger partial charge is 0.488 e. The van der Waals surface area contributed by atoms with Gasteiger partial charge in [0, 0.05) is 35.8 Å². The van der Waals surface area contributed by atoms with Crippen molar-refractivity contribution in [3.05, 3.63) is 94.3 Å². The van der Waals surface area contributed by atoms with Gasteiger partial charge in [0.2, 0.25) is 0 Å². The normalized spacial score (nSPS) is 14.1. The molecule has 0 saturated carbocycles. The van der Waals surface area contributed by atoms with Crippen LogP contribution in [0.5, 0.6) is 11.5 Å². The van der Waals surface area contributed by atoms with E-state index >= 15 is 4.39 Å². The third-order valence-corrected chi connectivity index (χ3v) is 6.16. The second kappa shape index (κ2) is 9.53. The number of hydrogen-bond donors (Lipinski definition) is 0. The zero-order chi connectivity index (χ0) is 22.7. The van der Waals surface area contributed by atoms with Gasteiger partial charge in [-0.1, -0.05) is 55.5 Å². The van der Waals surface area contributed by atoms with Gasteiger partial charge in [-0.15, -0.1) is 0 Å². The fourth-order valence-electron chi connectivity index (χ4n) is 4.07. The van der Waals surface area contributed by atoms with Gasteiger partial charge in [0.15, 0.2) is 0 Å². The summed E-state index contributed by atoms with van der Waals surface area (Å²) in [6.45, 7) is 7.20. The molecule has 0 N–H and O–H groups in total. The van der Waals surface area contributed by atoms with Crippen molar-refractivity contribution < 1.29 is 18.7 Å². The molecule has 5 heteroatoms. The molecule has 1 unspecified atom stereocenters. The first-order chi connectivity index (χ1) is 15.5. The maximum Gasteiger partial charge on any atom is 0.347 e. The van der Waals surface area contributed by atoms with Crippen LogP contribution in [-0.4, -0.2) is 16.9 Å². The Balaban J connectivity index is 1.75. The van der Waals surface area contributed by atoms with Crippen molar-refractivity contribution in [2.75, 3.05) is 0 Å². The van der Waals surface area contributed by atoms with E-state index in [-0.39, 0.29) is 23.6 Å². The second-order valence-electron chi connectivity index (χ2n) is 8.24. The lowest BCUT2D eigenvalue weighted by atomic mass is 9.98. The molecule has 32 heavy (non-hydrogen) atoms. The molecule has 1 atom stereocenters. The van der Waals surface area contributed by atoms with E-state index in [0.29, 0.717) is 36.2 Å². The standard InChI is InChI=1S/C27H28FNO3/c1-4-18(2)29-15-22-23(16-29)26(31-17-20-11-7-5-8-12-20)24(19(3)25(22)28)27(30)32-21-13-9-6-10-14-21/h5-14,18H,4,15-17H2,1-3H3. The topological polar surface area (TPSA) is 38.8 Å². The van der Waals surface area contributed by atoms with E-state index in [1.807, 2.05) is 36.4 Å². The predicted molar refractivity (Wildman–Crippen MR) is 122 cm³/mol. The molecule has 0 saturated heterocycles. The van der Waals surface area contributed by atoms with Gasteiger partial charge in [-0.3, -0.25) is 4.90 Å². The zero-order valence-electron chi connectivity index (χ0n) is 18.7. The average Bonchev–Trinajstić information content (AvgIpc) is 3.27. The molecule has 0 radical (unpaired) electrons. The van der Waals surface area contributed by atoms with Crippen molar-refractivity contribution in [3.63, 3.8) is 0 Å². The lowest BCUT2D eigenvalue weighted by Gasteiger charge is -2.22. The van der Waals surface area contributed by atoms with E-state index in [9.17, 15) is 4.79 Å². The summed E-state index contributed by atoms with van der Waals surface area (Å²) < 4.78 is 27.3. The van der Waals surface area contributed by atoms with Gasteiger partial charge >= 0.3 is 5.97 Å². The molecule has 0 amide bonds. The van der Waals surface area contributed by atoms with Crippen LogP contribution >= 0.6 is 0 Å². The summed E-state index contributed by atoms with van der Waals surface area (Å²) in [7, 11) is 0. The van der Waals surface area contributed by atoms with Gasteiger partial charge in [0.25, 0.3) is 0 Å². The van der Waals surface area contributed by atoms with Crippen LogP contribution < -0.4 is 9.47 Å². The minimum absolute atomic E-state index is 0.159. The molecule has 0 spiro atoms. The summed E-state index contributed by atoms with van der Waals surface area (Å²) >= 11 is 0. The summed E-state index contributed by atoms with van der Waals surface area (Å²) in [5.74, 6) is -0.124. The fraction of sp³-hybridized carbons (Fsp3) is 0.296. The number of nitrogens with zero attached hydrogens (tertiary/aromatic N) is 1. The molecule has 0 bridgehead atoms. The van der Waals surface area contributed by atoms with Gasteiger partial charge in [-0.05, 0) is 38.0 Å². The highest BCUT2D eigenvalue weighted by Crippen LogP contribution is 2.40. The van der Waals surface area contributed by atoms with Crippen LogP contribution in [0.3, 0.4) is 0 Å². The van der Waals surface area contributed by atoms with Crippen molar-refractivity contribution >= 4 is 5.97 Å². The molecule has 3 aromatic carbocycles. The van der Waals surface area contributed by atoms with E-state index in [2.05, 4.69) is 18.7 Å². The summed E-state index contributed by atoms with van der Waals surface area (Å²) in [5, 5.41) is 0.